The third-order valence-electron chi connectivity index (χ3n) is 6.20. The summed E-state index contributed by atoms with van der Waals surface area (Å²) in [6, 6.07) is 12.8. The van der Waals surface area contributed by atoms with Crippen molar-refractivity contribution in [3.63, 3.8) is 0 Å². The Morgan fingerprint density at radius 2 is 1.86 bits per heavy atom. The molecular weight excluding hydrogens is 464 g/mol. The lowest BCUT2D eigenvalue weighted by Gasteiger charge is -2.41. The number of nitrogens with one attached hydrogen (secondary N) is 1. The largest absolute Gasteiger partial charge is 0.372 e. The first-order chi connectivity index (χ1) is 16.7. The fourth-order valence-electron chi connectivity index (χ4n) is 4.60. The summed E-state index contributed by atoms with van der Waals surface area (Å²) in [5.74, 6) is -5.49. The molecule has 2 amide bonds. The second-order valence-corrected chi connectivity index (χ2v) is 8.53. The smallest absolute Gasteiger partial charge is 0.255 e. The molecule has 1 atom stereocenters. The normalized spacial score (nSPS) is 18.7. The molecule has 1 aliphatic carbocycles. The summed E-state index contributed by atoms with van der Waals surface area (Å²) in [5.41, 5.74) is 0.968. The molecule has 10 heteroatoms. The molecule has 35 heavy (non-hydrogen) atoms. The van der Waals surface area contributed by atoms with E-state index in [9.17, 15) is 27.2 Å². The fraction of sp³-hybridized carbons (Fsp3) is 0.240. The van der Waals surface area contributed by atoms with Crippen LogP contribution in [-0.4, -0.2) is 35.3 Å². The van der Waals surface area contributed by atoms with Crippen molar-refractivity contribution in [3.05, 3.63) is 84.2 Å². The van der Waals surface area contributed by atoms with Gasteiger partial charge in [-0.2, -0.15) is 4.39 Å². The highest BCUT2D eigenvalue weighted by atomic mass is 19.3. The van der Waals surface area contributed by atoms with Crippen LogP contribution in [0.15, 0.2) is 66.9 Å². The van der Waals surface area contributed by atoms with Crippen molar-refractivity contribution < 1.29 is 27.2 Å². The molecule has 0 saturated heterocycles. The highest BCUT2D eigenvalue weighted by Crippen LogP contribution is 2.48. The van der Waals surface area contributed by atoms with E-state index < -0.39 is 61.0 Å². The summed E-state index contributed by atoms with van der Waals surface area (Å²) in [4.78, 5) is 33.1. The highest BCUT2D eigenvalue weighted by molar-refractivity contribution is 6.12. The average Bonchev–Trinajstić information content (AvgIpc) is 3.09. The number of carbonyl (C=O) groups is 2. The summed E-state index contributed by atoms with van der Waals surface area (Å²) in [7, 11) is 0. The lowest BCUT2D eigenvalue weighted by atomic mass is 9.87. The lowest BCUT2D eigenvalue weighted by Crippen LogP contribution is -2.54. The van der Waals surface area contributed by atoms with Crippen molar-refractivity contribution in [1.82, 2.24) is 4.98 Å². The number of anilines is 3. The third kappa shape index (κ3) is 4.20. The van der Waals surface area contributed by atoms with Crippen LogP contribution < -0.4 is 15.1 Å². The summed E-state index contributed by atoms with van der Waals surface area (Å²) in [5, 5.41) is 2.66. The van der Waals surface area contributed by atoms with Crippen LogP contribution in [0, 0.1) is 11.8 Å². The second kappa shape index (κ2) is 8.68. The number of aromatic nitrogens is 1. The molecule has 1 aromatic heterocycles. The zero-order chi connectivity index (χ0) is 24.7. The van der Waals surface area contributed by atoms with Crippen LogP contribution in [0.2, 0.25) is 0 Å². The molecule has 5 rings (SSSR count). The maximum Gasteiger partial charge on any atom is 0.255 e. The van der Waals surface area contributed by atoms with Gasteiger partial charge < -0.3 is 10.2 Å². The van der Waals surface area contributed by atoms with Crippen LogP contribution in [-0.2, 0) is 9.59 Å². The number of pyridine rings is 1. The van der Waals surface area contributed by atoms with E-state index in [1.54, 1.807) is 24.3 Å². The van der Waals surface area contributed by atoms with Crippen LogP contribution in [0.5, 0.6) is 0 Å². The van der Waals surface area contributed by atoms with Gasteiger partial charge in [-0.15, -0.1) is 0 Å². The van der Waals surface area contributed by atoms with Crippen molar-refractivity contribution in [2.24, 2.45) is 0 Å². The summed E-state index contributed by atoms with van der Waals surface area (Å²) >= 11 is 0. The number of hydrogen-bond donors (Lipinski definition) is 1. The van der Waals surface area contributed by atoms with Gasteiger partial charge in [0.25, 0.3) is 11.8 Å². The molecule has 0 bridgehead atoms. The third-order valence-corrected chi connectivity index (χ3v) is 6.20. The molecule has 0 radical (unpaired) electrons. The summed E-state index contributed by atoms with van der Waals surface area (Å²) in [6.45, 7) is -0.424. The zero-order valence-electron chi connectivity index (χ0n) is 18.3. The van der Waals surface area contributed by atoms with E-state index in [4.69, 9.17) is 0 Å². The molecule has 1 unspecified atom stereocenters. The van der Waals surface area contributed by atoms with Gasteiger partial charge in [-0.05, 0) is 36.4 Å². The molecule has 3 aromatic rings. The van der Waals surface area contributed by atoms with Crippen LogP contribution in [0.3, 0.4) is 0 Å². The predicted molar refractivity (Wildman–Crippen MR) is 121 cm³/mol. The number of carbonyl (C=O) groups excluding carboxylic acids is 2. The highest BCUT2D eigenvalue weighted by Gasteiger charge is 2.54. The molecule has 2 aliphatic rings. The number of alkyl halides is 2. The molecule has 6 nitrogen and oxygen atoms in total. The number of halogens is 4. The van der Waals surface area contributed by atoms with E-state index in [2.05, 4.69) is 10.3 Å². The van der Waals surface area contributed by atoms with Gasteiger partial charge in [-0.25, -0.2) is 18.2 Å². The number of amides is 2. The van der Waals surface area contributed by atoms with E-state index in [-0.39, 0.29) is 11.4 Å². The SMILES string of the molecule is O=C1C(N(C(=O)CNc2cccnc2F)c2cccc(F)c2)c2ccccc2N1C1CC(F)(F)C1. The summed E-state index contributed by atoms with van der Waals surface area (Å²) in [6.07, 6.45) is 0.305. The van der Waals surface area contributed by atoms with Gasteiger partial charge in [0.15, 0.2) is 0 Å². The van der Waals surface area contributed by atoms with Gasteiger partial charge in [0.05, 0.1) is 12.2 Å². The topological polar surface area (TPSA) is 65.5 Å². The van der Waals surface area contributed by atoms with Crippen molar-refractivity contribution in [2.45, 2.75) is 30.8 Å². The van der Waals surface area contributed by atoms with E-state index in [0.29, 0.717) is 11.3 Å². The Bertz CT molecular complexity index is 1290. The standard InChI is InChI=1S/C25H20F4N4O2/c26-15-5-3-6-16(11-15)33(21(34)14-31-19-8-4-10-30-23(19)27)22-18-7-1-2-9-20(18)32(24(22)35)17-12-25(28,29)13-17/h1-11,17,22,31H,12-14H2. The van der Waals surface area contributed by atoms with Crippen molar-refractivity contribution in [1.29, 1.82) is 0 Å². The maximum absolute atomic E-state index is 14.1. The number of hydrogen-bond acceptors (Lipinski definition) is 4. The number of benzene rings is 2. The van der Waals surface area contributed by atoms with Crippen LogP contribution in [0.25, 0.3) is 0 Å². The Kier molecular flexibility index (Phi) is 5.66. The molecular formula is C25H20F4N4O2. The molecule has 1 N–H and O–H groups in total. The number of rotatable bonds is 6. The summed E-state index contributed by atoms with van der Waals surface area (Å²) < 4.78 is 55.4. The van der Waals surface area contributed by atoms with Gasteiger partial charge >= 0.3 is 0 Å². The predicted octanol–water partition coefficient (Wildman–Crippen LogP) is 4.69. The zero-order valence-corrected chi connectivity index (χ0v) is 18.3. The van der Waals surface area contributed by atoms with E-state index in [1.807, 2.05) is 0 Å². The fourth-order valence-corrected chi connectivity index (χ4v) is 4.60. The van der Waals surface area contributed by atoms with Crippen LogP contribution >= 0.6 is 0 Å². The quantitative estimate of drug-likeness (QED) is 0.407. The molecule has 1 saturated carbocycles. The first-order valence-electron chi connectivity index (χ1n) is 11.0. The van der Waals surface area contributed by atoms with Gasteiger partial charge in [0.1, 0.15) is 11.9 Å². The minimum Gasteiger partial charge on any atom is -0.372 e. The van der Waals surface area contributed by atoms with Gasteiger partial charge in [0, 0.05) is 42.0 Å². The van der Waals surface area contributed by atoms with Gasteiger partial charge in [0.2, 0.25) is 11.9 Å². The van der Waals surface area contributed by atoms with Gasteiger partial charge in [-0.1, -0.05) is 24.3 Å². The molecule has 2 aromatic carbocycles. The minimum absolute atomic E-state index is 0.0171. The Balaban J connectivity index is 1.51. The minimum atomic E-state index is -2.85. The lowest BCUT2D eigenvalue weighted by molar-refractivity contribution is -0.127. The van der Waals surface area contributed by atoms with Gasteiger partial charge in [-0.3, -0.25) is 14.5 Å². The van der Waals surface area contributed by atoms with E-state index in [1.165, 1.54) is 41.4 Å². The second-order valence-electron chi connectivity index (χ2n) is 8.53. The average molecular weight is 484 g/mol. The Morgan fingerprint density at radius 1 is 1.09 bits per heavy atom. The number of nitrogens with zero attached hydrogens (tertiary/aromatic N) is 3. The number of fused-ring (bicyclic) bond motifs is 1. The molecule has 0 spiro atoms. The molecule has 2 heterocycles. The molecule has 1 aliphatic heterocycles. The Hall–Kier alpha value is -3.95. The van der Waals surface area contributed by atoms with Crippen molar-refractivity contribution >= 4 is 28.9 Å². The first kappa shape index (κ1) is 22.8. The molecule has 180 valence electrons. The number of para-hydroxylation sites is 1. The first-order valence-corrected chi connectivity index (χ1v) is 11.0. The van der Waals surface area contributed by atoms with Crippen LogP contribution in [0.1, 0.15) is 24.4 Å². The van der Waals surface area contributed by atoms with Crippen molar-refractivity contribution in [3.8, 4) is 0 Å². The Morgan fingerprint density at radius 3 is 2.57 bits per heavy atom. The van der Waals surface area contributed by atoms with E-state index >= 15 is 0 Å². The van der Waals surface area contributed by atoms with Crippen molar-refractivity contribution in [2.75, 3.05) is 21.7 Å². The monoisotopic (exact) mass is 484 g/mol. The van der Waals surface area contributed by atoms with Crippen LogP contribution in [0.4, 0.5) is 34.6 Å². The Labute approximate surface area is 198 Å². The van der Waals surface area contributed by atoms with E-state index in [0.717, 1.165) is 11.0 Å². The maximum atomic E-state index is 14.1. The molecule has 1 fully saturated rings.